The van der Waals surface area contributed by atoms with Crippen LogP contribution in [0.4, 0.5) is 5.69 Å². The fourth-order valence-corrected chi connectivity index (χ4v) is 4.28. The second-order valence-corrected chi connectivity index (χ2v) is 9.03. The lowest BCUT2D eigenvalue weighted by atomic mass is 10.1. The molecule has 0 aliphatic carbocycles. The van der Waals surface area contributed by atoms with E-state index in [9.17, 15) is 4.79 Å². The zero-order valence-electron chi connectivity index (χ0n) is 17.5. The second kappa shape index (κ2) is 10.1. The van der Waals surface area contributed by atoms with E-state index in [-0.39, 0.29) is 17.7 Å². The molecule has 3 rings (SSSR count). The number of thioether (sulfide) groups is 1. The number of carbonyl (C=O) groups is 1. The lowest BCUT2D eigenvalue weighted by molar-refractivity contribution is -0.113. The molecule has 0 saturated carbocycles. The normalized spacial score (nSPS) is 11.0. The Hall–Kier alpha value is -2.32. The molecule has 6 nitrogen and oxygen atoms in total. The van der Waals surface area contributed by atoms with Crippen molar-refractivity contribution < 1.29 is 9.53 Å². The summed E-state index contributed by atoms with van der Waals surface area (Å²) in [5.41, 5.74) is 3.03. The molecule has 0 bridgehead atoms. The van der Waals surface area contributed by atoms with Crippen LogP contribution >= 0.6 is 27.7 Å². The van der Waals surface area contributed by atoms with Crippen LogP contribution in [0, 0.1) is 13.8 Å². The molecule has 0 unspecified atom stereocenters. The van der Waals surface area contributed by atoms with E-state index in [1.807, 2.05) is 47.9 Å². The van der Waals surface area contributed by atoms with Gasteiger partial charge in [-0.05, 0) is 67.4 Å². The molecule has 158 valence electrons. The van der Waals surface area contributed by atoms with Crippen molar-refractivity contribution in [3.8, 4) is 5.75 Å². The van der Waals surface area contributed by atoms with Crippen molar-refractivity contribution in [2.45, 2.75) is 45.5 Å². The highest BCUT2D eigenvalue weighted by Crippen LogP contribution is 2.25. The van der Waals surface area contributed by atoms with Gasteiger partial charge in [-0.15, -0.1) is 10.2 Å². The number of hydrogen-bond acceptors (Lipinski definition) is 5. The van der Waals surface area contributed by atoms with Gasteiger partial charge in [0, 0.05) is 10.5 Å². The van der Waals surface area contributed by atoms with Crippen molar-refractivity contribution >= 4 is 39.3 Å². The van der Waals surface area contributed by atoms with Gasteiger partial charge in [0.15, 0.2) is 11.0 Å². The van der Waals surface area contributed by atoms with Crippen LogP contribution in [0.25, 0.3) is 0 Å². The number of anilines is 1. The summed E-state index contributed by atoms with van der Waals surface area (Å²) in [7, 11) is 0. The third-order valence-corrected chi connectivity index (χ3v) is 6.05. The van der Waals surface area contributed by atoms with Crippen molar-refractivity contribution in [2.24, 2.45) is 0 Å². The smallest absolute Gasteiger partial charge is 0.234 e. The minimum atomic E-state index is -0.0988. The lowest BCUT2D eigenvalue weighted by Gasteiger charge is -2.15. The Morgan fingerprint density at radius 3 is 2.67 bits per heavy atom. The predicted molar refractivity (Wildman–Crippen MR) is 124 cm³/mol. The largest absolute Gasteiger partial charge is 0.485 e. The number of hydrogen-bond donors (Lipinski definition) is 1. The third-order valence-electron chi connectivity index (χ3n) is 4.42. The topological polar surface area (TPSA) is 69.0 Å². The Labute approximate surface area is 189 Å². The molecule has 30 heavy (non-hydrogen) atoms. The molecule has 0 aliphatic rings. The fraction of sp³-hybridized carbons (Fsp3) is 0.318. The third kappa shape index (κ3) is 5.64. The number of carbonyl (C=O) groups excluding carboxylic acids is 1. The van der Waals surface area contributed by atoms with Gasteiger partial charge in [-0.1, -0.05) is 41.6 Å². The molecule has 0 spiro atoms. The molecule has 1 aromatic heterocycles. The van der Waals surface area contributed by atoms with Crippen molar-refractivity contribution in [3.05, 3.63) is 63.9 Å². The van der Waals surface area contributed by atoms with Crippen LogP contribution in [-0.4, -0.2) is 26.4 Å². The van der Waals surface area contributed by atoms with E-state index in [0.717, 1.165) is 27.3 Å². The van der Waals surface area contributed by atoms with Crippen molar-refractivity contribution in [1.29, 1.82) is 0 Å². The zero-order chi connectivity index (χ0) is 21.7. The van der Waals surface area contributed by atoms with E-state index in [4.69, 9.17) is 4.74 Å². The van der Waals surface area contributed by atoms with E-state index >= 15 is 0 Å². The molecule has 0 radical (unpaired) electrons. The molecule has 0 fully saturated rings. The number of benzene rings is 2. The highest BCUT2D eigenvalue weighted by atomic mass is 79.9. The van der Waals surface area contributed by atoms with Gasteiger partial charge in [0.25, 0.3) is 0 Å². The van der Waals surface area contributed by atoms with Crippen LogP contribution in [0.3, 0.4) is 0 Å². The summed E-state index contributed by atoms with van der Waals surface area (Å²) in [5.74, 6) is 1.71. The summed E-state index contributed by atoms with van der Waals surface area (Å²) >= 11 is 4.80. The summed E-state index contributed by atoms with van der Waals surface area (Å²) in [6, 6.07) is 13.8. The quantitative estimate of drug-likeness (QED) is 0.421. The summed E-state index contributed by atoms with van der Waals surface area (Å²) in [6.07, 6.45) is 0. The first kappa shape index (κ1) is 22.4. The van der Waals surface area contributed by atoms with Gasteiger partial charge >= 0.3 is 0 Å². The highest BCUT2D eigenvalue weighted by molar-refractivity contribution is 9.10. The molecule has 1 heterocycles. The molecule has 1 N–H and O–H groups in total. The van der Waals surface area contributed by atoms with Crippen LogP contribution in [0.1, 0.15) is 36.8 Å². The maximum atomic E-state index is 12.4. The zero-order valence-corrected chi connectivity index (χ0v) is 19.9. The standard InChI is InChI=1S/C22H25BrN4O2S/c1-14(2)27-20(12-29-19-10-9-15(3)11-16(19)4)25-26-22(27)30-13-21(28)24-18-8-6-5-7-17(18)23/h5-11,14H,12-13H2,1-4H3,(H,24,28). The number of halogens is 1. The number of aryl methyl sites for hydroxylation is 2. The average Bonchev–Trinajstić information content (AvgIpc) is 3.11. The van der Waals surface area contributed by atoms with Crippen molar-refractivity contribution in [3.63, 3.8) is 0 Å². The molecular weight excluding hydrogens is 464 g/mol. The van der Waals surface area contributed by atoms with Gasteiger partial charge in [0.1, 0.15) is 12.4 Å². The summed E-state index contributed by atoms with van der Waals surface area (Å²) < 4.78 is 8.84. The fourth-order valence-electron chi connectivity index (χ4n) is 3.01. The number of para-hydroxylation sites is 1. The molecule has 2 aromatic carbocycles. The van der Waals surface area contributed by atoms with E-state index in [1.54, 1.807) is 0 Å². The van der Waals surface area contributed by atoms with Crippen LogP contribution < -0.4 is 10.1 Å². The number of nitrogens with zero attached hydrogens (tertiary/aromatic N) is 3. The van der Waals surface area contributed by atoms with Crippen LogP contribution in [0.2, 0.25) is 0 Å². The van der Waals surface area contributed by atoms with Gasteiger partial charge in [0.2, 0.25) is 5.91 Å². The van der Waals surface area contributed by atoms with Gasteiger partial charge in [-0.25, -0.2) is 0 Å². The van der Waals surface area contributed by atoms with Crippen molar-refractivity contribution in [1.82, 2.24) is 14.8 Å². The van der Waals surface area contributed by atoms with Crippen LogP contribution in [0.5, 0.6) is 5.75 Å². The number of amides is 1. The van der Waals surface area contributed by atoms with Gasteiger partial charge in [-0.3, -0.25) is 4.79 Å². The van der Waals surface area contributed by atoms with Gasteiger partial charge < -0.3 is 14.6 Å². The van der Waals surface area contributed by atoms with E-state index < -0.39 is 0 Å². The second-order valence-electron chi connectivity index (χ2n) is 7.24. The predicted octanol–water partition coefficient (Wildman–Crippen LogP) is 5.55. The SMILES string of the molecule is Cc1ccc(OCc2nnc(SCC(=O)Nc3ccccc3Br)n2C(C)C)c(C)c1. The maximum absolute atomic E-state index is 12.4. The van der Waals surface area contributed by atoms with Crippen LogP contribution in [-0.2, 0) is 11.4 Å². The molecular formula is C22H25BrN4O2S. The van der Waals surface area contributed by atoms with E-state index in [0.29, 0.717) is 11.8 Å². The summed E-state index contributed by atoms with van der Waals surface area (Å²) in [6.45, 7) is 8.53. The lowest BCUT2D eigenvalue weighted by Crippen LogP contribution is -2.16. The van der Waals surface area contributed by atoms with Gasteiger partial charge in [0.05, 0.1) is 11.4 Å². The molecule has 0 aliphatic heterocycles. The number of nitrogens with one attached hydrogen (secondary N) is 1. The Balaban J connectivity index is 1.65. The number of ether oxygens (including phenoxy) is 1. The summed E-state index contributed by atoms with van der Waals surface area (Å²) in [5, 5.41) is 12.2. The van der Waals surface area contributed by atoms with Crippen LogP contribution in [0.15, 0.2) is 52.1 Å². The minimum Gasteiger partial charge on any atom is -0.485 e. The number of aromatic nitrogens is 3. The monoisotopic (exact) mass is 488 g/mol. The van der Waals surface area contributed by atoms with Gasteiger partial charge in [-0.2, -0.15) is 0 Å². The first-order valence-corrected chi connectivity index (χ1v) is 11.4. The number of rotatable bonds is 8. The molecule has 3 aromatic rings. The first-order chi connectivity index (χ1) is 14.3. The Kier molecular flexibility index (Phi) is 7.55. The molecule has 0 saturated heterocycles. The Morgan fingerprint density at radius 2 is 1.97 bits per heavy atom. The Morgan fingerprint density at radius 1 is 1.20 bits per heavy atom. The summed E-state index contributed by atoms with van der Waals surface area (Å²) in [4.78, 5) is 12.4. The van der Waals surface area contributed by atoms with E-state index in [2.05, 4.69) is 58.3 Å². The Bertz CT molecular complexity index is 1040. The van der Waals surface area contributed by atoms with E-state index in [1.165, 1.54) is 17.3 Å². The molecule has 0 atom stereocenters. The minimum absolute atomic E-state index is 0.0988. The molecule has 8 heteroatoms. The highest BCUT2D eigenvalue weighted by Gasteiger charge is 2.17. The van der Waals surface area contributed by atoms with Crippen molar-refractivity contribution in [2.75, 3.05) is 11.1 Å². The molecule has 1 amide bonds. The maximum Gasteiger partial charge on any atom is 0.234 e. The first-order valence-electron chi connectivity index (χ1n) is 9.66. The average molecular weight is 489 g/mol.